The van der Waals surface area contributed by atoms with Crippen molar-refractivity contribution in [1.29, 1.82) is 0 Å². The van der Waals surface area contributed by atoms with Gasteiger partial charge in [-0.2, -0.15) is 0 Å². The lowest BCUT2D eigenvalue weighted by atomic mass is 10.1. The Hall–Kier alpha value is -0.850. The van der Waals surface area contributed by atoms with Crippen LogP contribution in [0.5, 0.6) is 0 Å². The number of aliphatic imine (C=N–C) groups is 1. The van der Waals surface area contributed by atoms with Crippen LogP contribution in [0.1, 0.15) is 27.2 Å². The number of rotatable bonds is 3. The van der Waals surface area contributed by atoms with Crippen LogP contribution in [0.3, 0.4) is 0 Å². The van der Waals surface area contributed by atoms with Gasteiger partial charge in [-0.15, -0.1) is 0 Å². The van der Waals surface area contributed by atoms with Gasteiger partial charge < -0.3 is 0 Å². The third-order valence-corrected chi connectivity index (χ3v) is 1.63. The van der Waals surface area contributed by atoms with Gasteiger partial charge in [-0.3, -0.25) is 4.99 Å². The summed E-state index contributed by atoms with van der Waals surface area (Å²) in [4.78, 5) is 4.19. The van der Waals surface area contributed by atoms with Gasteiger partial charge in [-0.05, 0) is 26.3 Å². The van der Waals surface area contributed by atoms with Crippen molar-refractivity contribution < 1.29 is 0 Å². The SMILES string of the molecule is C=C(C)CC(=NC)/C(C)=C\C. The zero-order valence-corrected chi connectivity index (χ0v) is 7.94. The molecule has 0 aliphatic carbocycles. The second-order valence-electron chi connectivity index (χ2n) is 2.78. The van der Waals surface area contributed by atoms with Gasteiger partial charge in [-0.25, -0.2) is 0 Å². The topological polar surface area (TPSA) is 12.4 Å². The molecule has 0 aliphatic rings. The molecule has 0 atom stereocenters. The number of nitrogens with zero attached hydrogens (tertiary/aromatic N) is 1. The molecule has 0 heterocycles. The third kappa shape index (κ3) is 3.76. The first kappa shape index (κ1) is 10.2. The van der Waals surface area contributed by atoms with Gasteiger partial charge in [0.25, 0.3) is 0 Å². The minimum Gasteiger partial charge on any atom is -0.292 e. The van der Waals surface area contributed by atoms with Gasteiger partial charge in [-0.1, -0.05) is 18.2 Å². The molecule has 0 fully saturated rings. The standard InChI is InChI=1S/C10H17N/c1-6-9(4)10(11-5)7-8(2)3/h6H,2,7H2,1,3-5H3/b9-6-,11-10?. The maximum Gasteiger partial charge on any atom is 0.0410 e. The van der Waals surface area contributed by atoms with Crippen molar-refractivity contribution in [3.63, 3.8) is 0 Å². The Morgan fingerprint density at radius 1 is 1.45 bits per heavy atom. The molecule has 0 unspecified atom stereocenters. The molecule has 0 aromatic carbocycles. The summed E-state index contributed by atoms with van der Waals surface area (Å²) in [5, 5.41) is 0. The monoisotopic (exact) mass is 151 g/mol. The van der Waals surface area contributed by atoms with E-state index < -0.39 is 0 Å². The Balaban J connectivity index is 4.32. The zero-order valence-electron chi connectivity index (χ0n) is 7.94. The summed E-state index contributed by atoms with van der Waals surface area (Å²) < 4.78 is 0. The molecule has 0 aliphatic heterocycles. The second kappa shape index (κ2) is 4.89. The lowest BCUT2D eigenvalue weighted by Gasteiger charge is -2.04. The second-order valence-corrected chi connectivity index (χ2v) is 2.78. The maximum absolute atomic E-state index is 4.19. The van der Waals surface area contributed by atoms with Crippen molar-refractivity contribution in [2.24, 2.45) is 4.99 Å². The van der Waals surface area contributed by atoms with Crippen molar-refractivity contribution >= 4 is 5.71 Å². The maximum atomic E-state index is 4.19. The van der Waals surface area contributed by atoms with E-state index >= 15 is 0 Å². The minimum absolute atomic E-state index is 0.896. The molecule has 0 saturated carbocycles. The molecule has 0 saturated heterocycles. The van der Waals surface area contributed by atoms with Crippen molar-refractivity contribution in [2.75, 3.05) is 7.05 Å². The van der Waals surface area contributed by atoms with Crippen molar-refractivity contribution in [2.45, 2.75) is 27.2 Å². The van der Waals surface area contributed by atoms with Crippen molar-refractivity contribution in [3.8, 4) is 0 Å². The van der Waals surface area contributed by atoms with Gasteiger partial charge in [0.05, 0.1) is 0 Å². The summed E-state index contributed by atoms with van der Waals surface area (Å²) in [5.41, 5.74) is 3.54. The van der Waals surface area contributed by atoms with Gasteiger partial charge in [0.15, 0.2) is 0 Å². The first-order valence-corrected chi connectivity index (χ1v) is 3.85. The van der Waals surface area contributed by atoms with E-state index in [0.29, 0.717) is 0 Å². The minimum atomic E-state index is 0.896. The lowest BCUT2D eigenvalue weighted by Crippen LogP contribution is -2.00. The summed E-state index contributed by atoms with van der Waals surface area (Å²) in [6.07, 6.45) is 2.97. The lowest BCUT2D eigenvalue weighted by molar-refractivity contribution is 1.23. The summed E-state index contributed by atoms with van der Waals surface area (Å²) in [6, 6.07) is 0. The summed E-state index contributed by atoms with van der Waals surface area (Å²) >= 11 is 0. The third-order valence-electron chi connectivity index (χ3n) is 1.63. The molecule has 11 heavy (non-hydrogen) atoms. The Kier molecular flexibility index (Phi) is 4.51. The molecule has 0 aromatic rings. The van der Waals surface area contributed by atoms with Crippen LogP contribution in [0.4, 0.5) is 0 Å². The zero-order chi connectivity index (χ0) is 8.85. The largest absolute Gasteiger partial charge is 0.292 e. The van der Waals surface area contributed by atoms with Crippen LogP contribution in [-0.4, -0.2) is 12.8 Å². The number of hydrogen-bond acceptors (Lipinski definition) is 1. The van der Waals surface area contributed by atoms with Gasteiger partial charge in [0.2, 0.25) is 0 Å². The van der Waals surface area contributed by atoms with Crippen molar-refractivity contribution in [1.82, 2.24) is 0 Å². The highest BCUT2D eigenvalue weighted by Gasteiger charge is 1.99. The predicted molar refractivity (Wildman–Crippen MR) is 52.2 cm³/mol. The molecule has 0 rings (SSSR count). The van der Waals surface area contributed by atoms with E-state index in [9.17, 15) is 0 Å². The van der Waals surface area contributed by atoms with E-state index in [1.165, 1.54) is 5.57 Å². The summed E-state index contributed by atoms with van der Waals surface area (Å²) in [6.45, 7) is 9.97. The quantitative estimate of drug-likeness (QED) is 0.434. The molecule has 1 heteroatoms. The highest BCUT2D eigenvalue weighted by Crippen LogP contribution is 2.06. The van der Waals surface area contributed by atoms with Crippen LogP contribution in [-0.2, 0) is 0 Å². The normalized spacial score (nSPS) is 13.5. The Labute approximate surface area is 69.5 Å². The molecular weight excluding hydrogens is 134 g/mol. The van der Waals surface area contributed by atoms with E-state index in [4.69, 9.17) is 0 Å². The molecule has 0 bridgehead atoms. The van der Waals surface area contributed by atoms with E-state index in [-0.39, 0.29) is 0 Å². The van der Waals surface area contributed by atoms with Crippen LogP contribution in [0.2, 0.25) is 0 Å². The van der Waals surface area contributed by atoms with Crippen LogP contribution >= 0.6 is 0 Å². The fourth-order valence-corrected chi connectivity index (χ4v) is 0.847. The van der Waals surface area contributed by atoms with Gasteiger partial charge in [0, 0.05) is 19.2 Å². The first-order valence-electron chi connectivity index (χ1n) is 3.85. The van der Waals surface area contributed by atoms with E-state index in [1.54, 1.807) is 0 Å². The smallest absolute Gasteiger partial charge is 0.0410 e. The van der Waals surface area contributed by atoms with Crippen molar-refractivity contribution in [3.05, 3.63) is 23.8 Å². The number of allylic oxidation sites excluding steroid dienone is 3. The van der Waals surface area contributed by atoms with Crippen LogP contribution in [0.25, 0.3) is 0 Å². The van der Waals surface area contributed by atoms with Gasteiger partial charge >= 0.3 is 0 Å². The molecule has 0 spiro atoms. The van der Waals surface area contributed by atoms with Crippen LogP contribution < -0.4 is 0 Å². The van der Waals surface area contributed by atoms with E-state index in [1.807, 2.05) is 20.9 Å². The molecule has 62 valence electrons. The Morgan fingerprint density at radius 2 is 2.00 bits per heavy atom. The Bertz CT molecular complexity index is 197. The number of hydrogen-bond donors (Lipinski definition) is 0. The van der Waals surface area contributed by atoms with Crippen LogP contribution in [0.15, 0.2) is 28.8 Å². The molecule has 0 amide bonds. The fraction of sp³-hybridized carbons (Fsp3) is 0.500. The highest BCUT2D eigenvalue weighted by atomic mass is 14.7. The Morgan fingerprint density at radius 3 is 2.27 bits per heavy atom. The molecule has 0 aromatic heterocycles. The fourth-order valence-electron chi connectivity index (χ4n) is 0.847. The molecule has 1 nitrogen and oxygen atoms in total. The predicted octanol–water partition coefficient (Wildman–Crippen LogP) is 2.99. The van der Waals surface area contributed by atoms with Crippen LogP contribution in [0, 0.1) is 0 Å². The average molecular weight is 151 g/mol. The highest BCUT2D eigenvalue weighted by molar-refractivity contribution is 6.00. The summed E-state index contributed by atoms with van der Waals surface area (Å²) in [7, 11) is 1.82. The molecule has 0 N–H and O–H groups in total. The van der Waals surface area contributed by atoms with Gasteiger partial charge in [0.1, 0.15) is 0 Å². The molecular formula is C10H17N. The van der Waals surface area contributed by atoms with E-state index in [0.717, 1.165) is 17.7 Å². The molecule has 0 radical (unpaired) electrons. The average Bonchev–Trinajstić information content (AvgIpc) is 1.98. The van der Waals surface area contributed by atoms with E-state index in [2.05, 4.69) is 24.6 Å². The first-order chi connectivity index (χ1) is 5.11. The summed E-state index contributed by atoms with van der Waals surface area (Å²) in [5.74, 6) is 0.